The number of nitrogens with one attached hydrogen (secondary N) is 1. The fourth-order valence-corrected chi connectivity index (χ4v) is 6.48. The fourth-order valence-electron chi connectivity index (χ4n) is 6.48. The molecule has 1 aromatic rings. The SMILES string of the molecule is Cc1ccc(C)c(C(=O)N2CC3(C2)CC2(CO3)C3=C(N=NC3)NC3=C2C(=O)CC(C)(C)C3)c1. The Morgan fingerprint density at radius 3 is 2.76 bits per heavy atom. The Morgan fingerprint density at radius 1 is 1.18 bits per heavy atom. The van der Waals surface area contributed by atoms with Crippen molar-refractivity contribution in [2.75, 3.05) is 26.2 Å². The van der Waals surface area contributed by atoms with E-state index in [4.69, 9.17) is 4.74 Å². The second kappa shape index (κ2) is 6.63. The number of azo groups is 1. The van der Waals surface area contributed by atoms with Gasteiger partial charge in [0.15, 0.2) is 11.6 Å². The van der Waals surface area contributed by atoms with Gasteiger partial charge in [0.05, 0.1) is 31.7 Å². The number of fused-ring (bicyclic) bond motifs is 2. The molecule has 1 aromatic carbocycles. The second-order valence-electron chi connectivity index (χ2n) is 11.4. The van der Waals surface area contributed by atoms with Crippen LogP contribution in [0, 0.1) is 24.7 Å². The van der Waals surface area contributed by atoms with E-state index >= 15 is 0 Å². The molecule has 0 saturated carbocycles. The molecule has 0 aromatic heterocycles. The van der Waals surface area contributed by atoms with Crippen molar-refractivity contribution in [3.63, 3.8) is 0 Å². The van der Waals surface area contributed by atoms with Gasteiger partial charge in [0.2, 0.25) is 0 Å². The van der Waals surface area contributed by atoms with E-state index in [1.165, 1.54) is 0 Å². The minimum Gasteiger partial charge on any atom is -0.370 e. The van der Waals surface area contributed by atoms with E-state index in [1.54, 1.807) is 0 Å². The van der Waals surface area contributed by atoms with E-state index in [2.05, 4.69) is 29.4 Å². The Morgan fingerprint density at radius 2 is 1.97 bits per heavy atom. The molecule has 172 valence electrons. The highest BCUT2D eigenvalue weighted by atomic mass is 16.5. The Kier molecular flexibility index (Phi) is 4.17. The van der Waals surface area contributed by atoms with Gasteiger partial charge in [-0.1, -0.05) is 31.5 Å². The number of Topliss-reactive ketones (excluding diaryl/α,β-unsaturated/α-hetero) is 1. The number of ketones is 1. The zero-order valence-electron chi connectivity index (χ0n) is 19.7. The Labute approximate surface area is 194 Å². The minimum atomic E-state index is -0.485. The largest absolute Gasteiger partial charge is 0.370 e. The molecule has 0 radical (unpaired) electrons. The van der Waals surface area contributed by atoms with Gasteiger partial charge in [0.25, 0.3) is 5.91 Å². The molecule has 7 nitrogen and oxygen atoms in total. The van der Waals surface area contributed by atoms with Crippen LogP contribution in [-0.4, -0.2) is 48.4 Å². The van der Waals surface area contributed by atoms with Crippen LogP contribution in [0.15, 0.2) is 51.1 Å². The van der Waals surface area contributed by atoms with E-state index in [0.717, 1.165) is 45.8 Å². The first-order valence-corrected chi connectivity index (χ1v) is 11.8. The van der Waals surface area contributed by atoms with Crippen molar-refractivity contribution >= 4 is 11.7 Å². The topological polar surface area (TPSA) is 83.4 Å². The number of rotatable bonds is 1. The third kappa shape index (κ3) is 2.98. The van der Waals surface area contributed by atoms with Crippen LogP contribution in [0.2, 0.25) is 0 Å². The fraction of sp³-hybridized carbons (Fsp3) is 0.538. The minimum absolute atomic E-state index is 0.0536. The zero-order valence-corrected chi connectivity index (χ0v) is 19.7. The number of hydrogen-bond donors (Lipinski definition) is 1. The molecule has 1 amide bonds. The van der Waals surface area contributed by atoms with Crippen LogP contribution in [0.3, 0.4) is 0 Å². The number of likely N-dealkylation sites (tertiary alicyclic amines) is 1. The molecular weight excluding hydrogens is 416 g/mol. The van der Waals surface area contributed by atoms with Gasteiger partial charge in [0.1, 0.15) is 5.60 Å². The molecule has 1 atom stereocenters. The van der Waals surface area contributed by atoms with Crippen LogP contribution in [0.5, 0.6) is 0 Å². The van der Waals surface area contributed by atoms with Crippen LogP contribution in [-0.2, 0) is 9.53 Å². The van der Waals surface area contributed by atoms with Gasteiger partial charge in [-0.15, -0.1) is 5.11 Å². The summed E-state index contributed by atoms with van der Waals surface area (Å²) in [6.07, 6.45) is 2.05. The van der Waals surface area contributed by atoms with Gasteiger partial charge >= 0.3 is 0 Å². The molecule has 2 spiro atoms. The molecular formula is C26H30N4O3. The summed E-state index contributed by atoms with van der Waals surface area (Å²) >= 11 is 0. The average Bonchev–Trinajstić information content (AvgIpc) is 3.33. The van der Waals surface area contributed by atoms with Crippen molar-refractivity contribution < 1.29 is 14.3 Å². The molecule has 6 rings (SSSR count). The summed E-state index contributed by atoms with van der Waals surface area (Å²) < 4.78 is 6.47. The molecule has 7 heteroatoms. The molecule has 0 bridgehead atoms. The second-order valence-corrected chi connectivity index (χ2v) is 11.4. The van der Waals surface area contributed by atoms with Gasteiger partial charge in [-0.3, -0.25) is 9.59 Å². The predicted molar refractivity (Wildman–Crippen MR) is 122 cm³/mol. The van der Waals surface area contributed by atoms with E-state index < -0.39 is 11.0 Å². The monoisotopic (exact) mass is 446 g/mol. The van der Waals surface area contributed by atoms with Crippen LogP contribution >= 0.6 is 0 Å². The predicted octanol–water partition coefficient (Wildman–Crippen LogP) is 3.83. The van der Waals surface area contributed by atoms with Crippen molar-refractivity contribution in [3.8, 4) is 0 Å². The maximum Gasteiger partial charge on any atom is 0.254 e. The maximum atomic E-state index is 13.4. The van der Waals surface area contributed by atoms with Crippen LogP contribution in [0.4, 0.5) is 0 Å². The molecule has 5 aliphatic rings. The first-order chi connectivity index (χ1) is 15.6. The van der Waals surface area contributed by atoms with Crippen LogP contribution < -0.4 is 5.32 Å². The van der Waals surface area contributed by atoms with Gasteiger partial charge in [-0.2, -0.15) is 5.11 Å². The lowest BCUT2D eigenvalue weighted by Crippen LogP contribution is -2.63. The number of dihydropyridines is 1. The standard InChI is InChI=1S/C26H30N4O3/c1-15-5-6-16(2)17(7-15)23(32)30-12-25(13-30)11-26(14-33-25)18-10-27-29-22(18)28-19-8-24(3,4)9-20(31)21(19)26/h5-7,28H,8-14H2,1-4H3. The van der Waals surface area contributed by atoms with E-state index in [0.29, 0.717) is 39.1 Å². The van der Waals surface area contributed by atoms with E-state index in [1.807, 2.05) is 36.9 Å². The zero-order chi connectivity index (χ0) is 23.2. The highest BCUT2D eigenvalue weighted by Crippen LogP contribution is 2.58. The molecule has 2 saturated heterocycles. The average molecular weight is 447 g/mol. The van der Waals surface area contributed by atoms with Crippen LogP contribution in [0.25, 0.3) is 0 Å². The van der Waals surface area contributed by atoms with E-state index in [9.17, 15) is 9.59 Å². The van der Waals surface area contributed by atoms with Crippen molar-refractivity contribution in [2.45, 2.75) is 52.6 Å². The number of aryl methyl sites for hydroxylation is 2. The normalized spacial score (nSPS) is 28.8. The van der Waals surface area contributed by atoms with Crippen molar-refractivity contribution in [1.82, 2.24) is 10.2 Å². The number of allylic oxidation sites excluding steroid dienone is 1. The summed E-state index contributed by atoms with van der Waals surface area (Å²) in [4.78, 5) is 28.5. The molecule has 4 aliphatic heterocycles. The summed E-state index contributed by atoms with van der Waals surface area (Å²) in [6, 6.07) is 5.99. The maximum absolute atomic E-state index is 13.4. The van der Waals surface area contributed by atoms with Crippen molar-refractivity contribution in [2.24, 2.45) is 21.1 Å². The Balaban J connectivity index is 1.30. The Hall–Kier alpha value is -2.80. The van der Waals surface area contributed by atoms with Gasteiger partial charge in [0, 0.05) is 28.8 Å². The lowest BCUT2D eigenvalue weighted by atomic mass is 9.61. The highest BCUT2D eigenvalue weighted by Gasteiger charge is 2.63. The molecule has 33 heavy (non-hydrogen) atoms. The summed E-state index contributed by atoms with van der Waals surface area (Å²) in [5.74, 6) is 1.05. The summed E-state index contributed by atoms with van der Waals surface area (Å²) in [6.45, 7) is 10.3. The number of benzene rings is 1. The van der Waals surface area contributed by atoms with Crippen molar-refractivity contribution in [3.05, 3.63) is 57.6 Å². The number of ether oxygens (including phenoxy) is 1. The number of amides is 1. The Bertz CT molecular complexity index is 1200. The third-order valence-corrected chi connectivity index (χ3v) is 8.00. The lowest BCUT2D eigenvalue weighted by Gasteiger charge is -2.49. The van der Waals surface area contributed by atoms with Gasteiger partial charge < -0.3 is 15.0 Å². The summed E-state index contributed by atoms with van der Waals surface area (Å²) in [7, 11) is 0. The quantitative estimate of drug-likeness (QED) is 0.711. The molecule has 4 heterocycles. The molecule has 1 N–H and O–H groups in total. The first-order valence-electron chi connectivity index (χ1n) is 11.8. The number of nitrogens with zero attached hydrogens (tertiary/aromatic N) is 3. The molecule has 1 unspecified atom stereocenters. The lowest BCUT2D eigenvalue weighted by molar-refractivity contribution is -0.119. The van der Waals surface area contributed by atoms with Gasteiger partial charge in [-0.05, 0) is 43.7 Å². The van der Waals surface area contributed by atoms with Gasteiger partial charge in [-0.25, -0.2) is 0 Å². The molecule has 1 aliphatic carbocycles. The highest BCUT2D eigenvalue weighted by molar-refractivity contribution is 6.00. The number of carbonyl (C=O) groups is 2. The molecule has 2 fully saturated rings. The number of carbonyl (C=O) groups excluding carboxylic acids is 2. The smallest absolute Gasteiger partial charge is 0.254 e. The van der Waals surface area contributed by atoms with Crippen molar-refractivity contribution in [1.29, 1.82) is 0 Å². The summed E-state index contributed by atoms with van der Waals surface area (Å²) in [5.41, 5.74) is 4.78. The third-order valence-electron chi connectivity index (χ3n) is 8.00. The van der Waals surface area contributed by atoms with E-state index in [-0.39, 0.29) is 17.1 Å². The van der Waals surface area contributed by atoms with Crippen LogP contribution in [0.1, 0.15) is 54.6 Å². The summed E-state index contributed by atoms with van der Waals surface area (Å²) in [5, 5.41) is 12.1. The number of hydrogen-bond acceptors (Lipinski definition) is 6. The first kappa shape index (κ1) is 20.8.